The Balaban J connectivity index is 3.23. The molecular formula is C13H16O4. The van der Waals surface area contributed by atoms with Gasteiger partial charge in [-0.05, 0) is 19.1 Å². The topological polar surface area (TPSA) is 44.8 Å². The van der Waals surface area contributed by atoms with Crippen LogP contribution in [0.5, 0.6) is 17.2 Å². The van der Waals surface area contributed by atoms with Gasteiger partial charge in [-0.2, -0.15) is 0 Å². The molecule has 1 aromatic carbocycles. The zero-order chi connectivity index (χ0) is 12.8. The van der Waals surface area contributed by atoms with Gasteiger partial charge >= 0.3 is 0 Å². The van der Waals surface area contributed by atoms with E-state index < -0.39 is 0 Å². The number of ether oxygens (including phenoxy) is 3. The molecule has 0 saturated heterocycles. The Morgan fingerprint density at radius 1 is 1.24 bits per heavy atom. The van der Waals surface area contributed by atoms with Crippen LogP contribution >= 0.6 is 0 Å². The molecule has 0 saturated carbocycles. The molecule has 4 heteroatoms. The zero-order valence-electron chi connectivity index (χ0n) is 10.2. The molecule has 0 spiro atoms. The van der Waals surface area contributed by atoms with Gasteiger partial charge in [0.25, 0.3) is 0 Å². The van der Waals surface area contributed by atoms with Crippen LogP contribution in [0.4, 0.5) is 0 Å². The van der Waals surface area contributed by atoms with Crippen molar-refractivity contribution >= 4 is 6.29 Å². The molecule has 4 nitrogen and oxygen atoms in total. The third kappa shape index (κ3) is 3.00. The van der Waals surface area contributed by atoms with Gasteiger partial charge < -0.3 is 14.2 Å². The van der Waals surface area contributed by atoms with E-state index in [0.29, 0.717) is 22.8 Å². The van der Waals surface area contributed by atoms with E-state index in [0.717, 1.165) is 6.29 Å². The van der Waals surface area contributed by atoms with Crippen LogP contribution in [-0.4, -0.2) is 26.6 Å². The van der Waals surface area contributed by atoms with Crippen LogP contribution in [-0.2, 0) is 0 Å². The fourth-order valence-corrected chi connectivity index (χ4v) is 1.32. The quantitative estimate of drug-likeness (QED) is 0.562. The molecule has 0 aliphatic heterocycles. The lowest BCUT2D eigenvalue weighted by Crippen LogP contribution is -2.09. The highest BCUT2D eigenvalue weighted by molar-refractivity contribution is 5.78. The lowest BCUT2D eigenvalue weighted by atomic mass is 10.2. The Bertz CT molecular complexity index is 387. The third-order valence-electron chi connectivity index (χ3n) is 2.25. The highest BCUT2D eigenvalue weighted by Crippen LogP contribution is 2.38. The summed E-state index contributed by atoms with van der Waals surface area (Å²) in [6.45, 7) is 5.49. The summed E-state index contributed by atoms with van der Waals surface area (Å²) < 4.78 is 16.0. The van der Waals surface area contributed by atoms with E-state index in [2.05, 4.69) is 6.58 Å². The number of hydrogen-bond donors (Lipinski definition) is 0. The normalized spacial score (nSPS) is 11.5. The van der Waals surface area contributed by atoms with E-state index in [1.54, 1.807) is 18.2 Å². The summed E-state index contributed by atoms with van der Waals surface area (Å²) in [7, 11) is 3.02. The molecule has 1 rings (SSSR count). The Labute approximate surface area is 101 Å². The molecule has 1 atom stereocenters. The highest BCUT2D eigenvalue weighted by atomic mass is 16.5. The number of rotatable bonds is 6. The van der Waals surface area contributed by atoms with Crippen molar-refractivity contribution in [3.05, 3.63) is 30.4 Å². The Morgan fingerprint density at radius 2 is 1.76 bits per heavy atom. The van der Waals surface area contributed by atoms with Gasteiger partial charge in [0.05, 0.1) is 14.2 Å². The third-order valence-corrected chi connectivity index (χ3v) is 2.25. The average Bonchev–Trinajstić information content (AvgIpc) is 2.38. The lowest BCUT2D eigenvalue weighted by molar-refractivity contribution is 0.112. The van der Waals surface area contributed by atoms with Gasteiger partial charge in [-0.1, -0.05) is 12.7 Å². The molecular weight excluding hydrogens is 220 g/mol. The first-order valence-electron chi connectivity index (χ1n) is 5.16. The highest BCUT2D eigenvalue weighted by Gasteiger charge is 2.15. The molecule has 17 heavy (non-hydrogen) atoms. The van der Waals surface area contributed by atoms with Crippen LogP contribution in [0, 0.1) is 0 Å². The van der Waals surface area contributed by atoms with E-state index in [-0.39, 0.29) is 6.10 Å². The molecule has 1 unspecified atom stereocenters. The summed E-state index contributed by atoms with van der Waals surface area (Å²) in [6, 6.07) is 3.20. The minimum Gasteiger partial charge on any atom is -0.493 e. The van der Waals surface area contributed by atoms with Crippen LogP contribution in [0.1, 0.15) is 17.3 Å². The number of hydrogen-bond acceptors (Lipinski definition) is 4. The Hall–Kier alpha value is -1.97. The fourth-order valence-electron chi connectivity index (χ4n) is 1.32. The second-order valence-electron chi connectivity index (χ2n) is 3.43. The summed E-state index contributed by atoms with van der Waals surface area (Å²) in [5.74, 6) is 1.38. The van der Waals surface area contributed by atoms with Gasteiger partial charge in [-0.3, -0.25) is 4.79 Å². The van der Waals surface area contributed by atoms with Crippen LogP contribution in [0.3, 0.4) is 0 Å². The predicted octanol–water partition coefficient (Wildman–Crippen LogP) is 2.47. The lowest BCUT2D eigenvalue weighted by Gasteiger charge is -2.17. The smallest absolute Gasteiger partial charge is 0.204 e. The van der Waals surface area contributed by atoms with Crippen molar-refractivity contribution in [2.45, 2.75) is 13.0 Å². The molecule has 0 aromatic heterocycles. The van der Waals surface area contributed by atoms with Gasteiger partial charge in [0.1, 0.15) is 12.4 Å². The number of aldehydes is 1. The molecule has 0 heterocycles. The van der Waals surface area contributed by atoms with Gasteiger partial charge in [-0.15, -0.1) is 0 Å². The number of methoxy groups -OCH3 is 2. The number of benzene rings is 1. The number of carbonyl (C=O) groups is 1. The standard InChI is InChI=1S/C13H16O4/c1-5-9(2)17-13-11(15-3)6-10(8-14)7-12(13)16-4/h5-9H,1H2,2-4H3. The predicted molar refractivity (Wildman–Crippen MR) is 65.2 cm³/mol. The van der Waals surface area contributed by atoms with E-state index in [1.165, 1.54) is 14.2 Å². The zero-order valence-corrected chi connectivity index (χ0v) is 10.2. The van der Waals surface area contributed by atoms with Crippen molar-refractivity contribution in [2.24, 2.45) is 0 Å². The van der Waals surface area contributed by atoms with Crippen LogP contribution < -0.4 is 14.2 Å². The van der Waals surface area contributed by atoms with E-state index in [4.69, 9.17) is 14.2 Å². The van der Waals surface area contributed by atoms with Crippen molar-refractivity contribution < 1.29 is 19.0 Å². The maximum absolute atomic E-state index is 10.8. The minimum atomic E-state index is -0.181. The molecule has 1 aromatic rings. The molecule has 0 aliphatic rings. The molecule has 0 fully saturated rings. The van der Waals surface area contributed by atoms with Gasteiger partial charge in [0.15, 0.2) is 11.5 Å². The largest absolute Gasteiger partial charge is 0.493 e. The van der Waals surface area contributed by atoms with Crippen molar-refractivity contribution in [3.63, 3.8) is 0 Å². The maximum atomic E-state index is 10.8. The van der Waals surface area contributed by atoms with Crippen LogP contribution in [0.2, 0.25) is 0 Å². The fraction of sp³-hybridized carbons (Fsp3) is 0.308. The molecule has 0 N–H and O–H groups in total. The van der Waals surface area contributed by atoms with E-state index in [9.17, 15) is 4.79 Å². The SMILES string of the molecule is C=CC(C)Oc1c(OC)cc(C=O)cc1OC. The maximum Gasteiger partial charge on any atom is 0.204 e. The number of carbonyl (C=O) groups excluding carboxylic acids is 1. The molecule has 0 bridgehead atoms. The molecule has 0 amide bonds. The van der Waals surface area contributed by atoms with Crippen molar-refractivity contribution in [1.82, 2.24) is 0 Å². The Kier molecular flexibility index (Phi) is 4.57. The summed E-state index contributed by atoms with van der Waals surface area (Å²) in [6.07, 6.45) is 2.21. The molecule has 92 valence electrons. The first-order valence-corrected chi connectivity index (χ1v) is 5.16. The van der Waals surface area contributed by atoms with Gasteiger partial charge in [0, 0.05) is 5.56 Å². The summed E-state index contributed by atoms with van der Waals surface area (Å²) in [5, 5.41) is 0. The Morgan fingerprint density at radius 3 is 2.12 bits per heavy atom. The van der Waals surface area contributed by atoms with Crippen LogP contribution in [0.25, 0.3) is 0 Å². The first kappa shape index (κ1) is 13.1. The second kappa shape index (κ2) is 5.94. The summed E-state index contributed by atoms with van der Waals surface area (Å²) in [4.78, 5) is 10.8. The summed E-state index contributed by atoms with van der Waals surface area (Å²) >= 11 is 0. The first-order chi connectivity index (χ1) is 8.15. The second-order valence-corrected chi connectivity index (χ2v) is 3.43. The van der Waals surface area contributed by atoms with Gasteiger partial charge in [0.2, 0.25) is 5.75 Å². The van der Waals surface area contributed by atoms with Crippen molar-refractivity contribution in [1.29, 1.82) is 0 Å². The van der Waals surface area contributed by atoms with E-state index in [1.807, 2.05) is 6.92 Å². The van der Waals surface area contributed by atoms with Crippen LogP contribution in [0.15, 0.2) is 24.8 Å². The molecule has 0 radical (unpaired) electrons. The van der Waals surface area contributed by atoms with Gasteiger partial charge in [-0.25, -0.2) is 0 Å². The summed E-state index contributed by atoms with van der Waals surface area (Å²) in [5.41, 5.74) is 0.470. The van der Waals surface area contributed by atoms with Crippen molar-refractivity contribution in [3.8, 4) is 17.2 Å². The minimum absolute atomic E-state index is 0.181. The van der Waals surface area contributed by atoms with E-state index >= 15 is 0 Å². The molecule has 0 aliphatic carbocycles. The monoisotopic (exact) mass is 236 g/mol. The van der Waals surface area contributed by atoms with Crippen molar-refractivity contribution in [2.75, 3.05) is 14.2 Å². The average molecular weight is 236 g/mol.